The van der Waals surface area contributed by atoms with Crippen LogP contribution in [0.25, 0.3) is 0 Å². The normalized spacial score (nSPS) is 16.0. The highest BCUT2D eigenvalue weighted by molar-refractivity contribution is 5.86. The zero-order valence-electron chi connectivity index (χ0n) is 7.73. The van der Waals surface area contributed by atoms with Gasteiger partial charge in [-0.05, 0) is 31.4 Å². The zero-order chi connectivity index (χ0) is 9.97. The maximum absolute atomic E-state index is 10.6. The Morgan fingerprint density at radius 2 is 2.36 bits per heavy atom. The zero-order valence-corrected chi connectivity index (χ0v) is 7.73. The number of nitrogens with zero attached hydrogens (tertiary/aromatic N) is 1. The standard InChI is InChI=1S/C10H12N2O2/c13-10(14)9-6-8(4-5-11-9)12-7-2-1-3-7/h4-7H,1-3H2,(H,11,12)(H,13,14). The lowest BCUT2D eigenvalue weighted by Crippen LogP contribution is -2.27. The molecular formula is C10H12N2O2. The highest BCUT2D eigenvalue weighted by atomic mass is 16.4. The molecule has 2 rings (SSSR count). The molecule has 14 heavy (non-hydrogen) atoms. The third kappa shape index (κ3) is 1.84. The molecule has 0 spiro atoms. The molecule has 0 saturated heterocycles. The van der Waals surface area contributed by atoms with Gasteiger partial charge >= 0.3 is 5.97 Å². The molecular weight excluding hydrogens is 180 g/mol. The molecule has 0 atom stereocenters. The van der Waals surface area contributed by atoms with E-state index in [0.717, 1.165) is 5.69 Å². The number of aromatic carboxylic acids is 1. The van der Waals surface area contributed by atoms with Crippen LogP contribution in [0.2, 0.25) is 0 Å². The monoisotopic (exact) mass is 192 g/mol. The van der Waals surface area contributed by atoms with Gasteiger partial charge < -0.3 is 10.4 Å². The minimum atomic E-state index is -0.984. The van der Waals surface area contributed by atoms with E-state index in [4.69, 9.17) is 5.11 Å². The largest absolute Gasteiger partial charge is 0.477 e. The third-order valence-electron chi connectivity index (χ3n) is 2.46. The summed E-state index contributed by atoms with van der Waals surface area (Å²) in [5, 5.41) is 12.0. The molecule has 4 heteroatoms. The van der Waals surface area contributed by atoms with E-state index in [1.165, 1.54) is 25.5 Å². The Labute approximate surface area is 82.0 Å². The van der Waals surface area contributed by atoms with Crippen LogP contribution in [0.15, 0.2) is 18.3 Å². The lowest BCUT2D eigenvalue weighted by Gasteiger charge is -2.27. The predicted molar refractivity (Wildman–Crippen MR) is 52.5 cm³/mol. The lowest BCUT2D eigenvalue weighted by molar-refractivity contribution is 0.0690. The van der Waals surface area contributed by atoms with Crippen LogP contribution in [0.5, 0.6) is 0 Å². The Morgan fingerprint density at radius 3 is 2.93 bits per heavy atom. The van der Waals surface area contributed by atoms with E-state index >= 15 is 0 Å². The van der Waals surface area contributed by atoms with E-state index in [1.54, 1.807) is 12.1 Å². The van der Waals surface area contributed by atoms with E-state index in [9.17, 15) is 4.79 Å². The van der Waals surface area contributed by atoms with Gasteiger partial charge in [0, 0.05) is 17.9 Å². The van der Waals surface area contributed by atoms with Crippen molar-refractivity contribution in [2.45, 2.75) is 25.3 Å². The lowest BCUT2D eigenvalue weighted by atomic mass is 9.93. The third-order valence-corrected chi connectivity index (χ3v) is 2.46. The van der Waals surface area contributed by atoms with Crippen molar-refractivity contribution in [3.05, 3.63) is 24.0 Å². The summed E-state index contributed by atoms with van der Waals surface area (Å²) >= 11 is 0. The summed E-state index contributed by atoms with van der Waals surface area (Å²) in [6.45, 7) is 0. The summed E-state index contributed by atoms with van der Waals surface area (Å²) in [6.07, 6.45) is 5.12. The quantitative estimate of drug-likeness (QED) is 0.765. The molecule has 1 aromatic heterocycles. The first-order valence-corrected chi connectivity index (χ1v) is 4.71. The van der Waals surface area contributed by atoms with Crippen molar-refractivity contribution >= 4 is 11.7 Å². The summed E-state index contributed by atoms with van der Waals surface area (Å²) < 4.78 is 0. The van der Waals surface area contributed by atoms with Gasteiger partial charge in [-0.15, -0.1) is 0 Å². The number of pyridine rings is 1. The summed E-state index contributed by atoms with van der Waals surface area (Å²) in [6, 6.07) is 3.88. The molecule has 2 N–H and O–H groups in total. The Balaban J connectivity index is 2.09. The van der Waals surface area contributed by atoms with E-state index < -0.39 is 5.97 Å². The fourth-order valence-electron chi connectivity index (χ4n) is 1.43. The summed E-state index contributed by atoms with van der Waals surface area (Å²) in [5.41, 5.74) is 0.941. The van der Waals surface area contributed by atoms with Gasteiger partial charge in [-0.3, -0.25) is 0 Å². The molecule has 0 aliphatic heterocycles. The van der Waals surface area contributed by atoms with Crippen LogP contribution in [0.4, 0.5) is 5.69 Å². The van der Waals surface area contributed by atoms with Crippen molar-refractivity contribution in [2.75, 3.05) is 5.32 Å². The van der Waals surface area contributed by atoms with Crippen molar-refractivity contribution in [1.29, 1.82) is 0 Å². The average Bonchev–Trinajstić information content (AvgIpc) is 2.12. The second-order valence-electron chi connectivity index (χ2n) is 3.51. The number of aromatic nitrogens is 1. The molecule has 74 valence electrons. The number of hydrogen-bond donors (Lipinski definition) is 2. The Kier molecular flexibility index (Phi) is 2.35. The first-order valence-electron chi connectivity index (χ1n) is 4.71. The van der Waals surface area contributed by atoms with Gasteiger partial charge in [0.25, 0.3) is 0 Å². The minimum Gasteiger partial charge on any atom is -0.477 e. The first-order chi connectivity index (χ1) is 6.75. The SMILES string of the molecule is O=C(O)c1cc(NC2CCC2)ccn1. The molecule has 0 aromatic carbocycles. The Bertz CT molecular complexity index is 348. The fraction of sp³-hybridized carbons (Fsp3) is 0.400. The topological polar surface area (TPSA) is 62.2 Å². The molecule has 0 unspecified atom stereocenters. The molecule has 0 bridgehead atoms. The van der Waals surface area contributed by atoms with Gasteiger partial charge in [-0.1, -0.05) is 0 Å². The minimum absolute atomic E-state index is 0.0920. The summed E-state index contributed by atoms with van der Waals surface area (Å²) in [5.74, 6) is -0.984. The van der Waals surface area contributed by atoms with E-state index in [-0.39, 0.29) is 5.69 Å². The fourth-order valence-corrected chi connectivity index (χ4v) is 1.43. The molecule has 1 aliphatic rings. The van der Waals surface area contributed by atoms with Gasteiger partial charge in [-0.25, -0.2) is 9.78 Å². The van der Waals surface area contributed by atoms with Crippen LogP contribution >= 0.6 is 0 Å². The molecule has 0 radical (unpaired) electrons. The first kappa shape index (κ1) is 8.99. The highest BCUT2D eigenvalue weighted by Gasteiger charge is 2.17. The summed E-state index contributed by atoms with van der Waals surface area (Å²) in [7, 11) is 0. The number of rotatable bonds is 3. The van der Waals surface area contributed by atoms with Crippen LogP contribution in [-0.2, 0) is 0 Å². The predicted octanol–water partition coefficient (Wildman–Crippen LogP) is 1.74. The van der Waals surface area contributed by atoms with E-state index in [0.29, 0.717) is 6.04 Å². The Hall–Kier alpha value is -1.58. The van der Waals surface area contributed by atoms with Gasteiger partial charge in [-0.2, -0.15) is 0 Å². The van der Waals surface area contributed by atoms with Crippen LogP contribution < -0.4 is 5.32 Å². The molecule has 1 heterocycles. The van der Waals surface area contributed by atoms with Crippen LogP contribution in [0.3, 0.4) is 0 Å². The number of nitrogens with one attached hydrogen (secondary N) is 1. The van der Waals surface area contributed by atoms with E-state index in [2.05, 4.69) is 10.3 Å². The molecule has 4 nitrogen and oxygen atoms in total. The van der Waals surface area contributed by atoms with Gasteiger partial charge in [0.05, 0.1) is 0 Å². The van der Waals surface area contributed by atoms with Crippen LogP contribution in [0.1, 0.15) is 29.8 Å². The van der Waals surface area contributed by atoms with Gasteiger partial charge in [0.15, 0.2) is 0 Å². The second-order valence-corrected chi connectivity index (χ2v) is 3.51. The van der Waals surface area contributed by atoms with Crippen molar-refractivity contribution in [3.8, 4) is 0 Å². The molecule has 1 aromatic rings. The molecule has 1 fully saturated rings. The maximum Gasteiger partial charge on any atom is 0.354 e. The highest BCUT2D eigenvalue weighted by Crippen LogP contribution is 2.23. The van der Waals surface area contributed by atoms with Gasteiger partial charge in [0.2, 0.25) is 0 Å². The number of hydrogen-bond acceptors (Lipinski definition) is 3. The van der Waals surface area contributed by atoms with Crippen molar-refractivity contribution in [3.63, 3.8) is 0 Å². The smallest absolute Gasteiger partial charge is 0.354 e. The molecule has 1 saturated carbocycles. The van der Waals surface area contributed by atoms with Crippen molar-refractivity contribution in [1.82, 2.24) is 4.98 Å². The van der Waals surface area contributed by atoms with Gasteiger partial charge in [0.1, 0.15) is 5.69 Å². The van der Waals surface area contributed by atoms with E-state index in [1.807, 2.05) is 0 Å². The van der Waals surface area contributed by atoms with Crippen molar-refractivity contribution in [2.24, 2.45) is 0 Å². The molecule has 0 amide bonds. The number of carboxylic acids is 1. The number of carboxylic acid groups (broad SMARTS) is 1. The Morgan fingerprint density at radius 1 is 1.57 bits per heavy atom. The van der Waals surface area contributed by atoms with Crippen molar-refractivity contribution < 1.29 is 9.90 Å². The maximum atomic E-state index is 10.6. The van der Waals surface area contributed by atoms with Crippen LogP contribution in [0, 0.1) is 0 Å². The summed E-state index contributed by atoms with van der Waals surface area (Å²) in [4.78, 5) is 14.4. The number of carbonyl (C=O) groups is 1. The van der Waals surface area contributed by atoms with Crippen LogP contribution in [-0.4, -0.2) is 22.1 Å². The number of anilines is 1. The average molecular weight is 192 g/mol. The second kappa shape index (κ2) is 3.65. The molecule has 1 aliphatic carbocycles.